The molecule has 3 N–H and O–H groups in total. The van der Waals surface area contributed by atoms with E-state index in [9.17, 15) is 19.7 Å². The second kappa shape index (κ2) is 6.80. The molecule has 2 aromatic heterocycles. The molecule has 0 spiro atoms. The number of nitrogens with zero attached hydrogens (tertiary/aromatic N) is 2. The smallest absolute Gasteiger partial charge is 0.339 e. The predicted octanol–water partition coefficient (Wildman–Crippen LogP) is 3.01. The maximum Gasteiger partial charge on any atom is 0.339 e. The van der Waals surface area contributed by atoms with Gasteiger partial charge < -0.3 is 15.5 Å². The molecular formula is C17H16N4O5S. The Balaban J connectivity index is 1.89. The number of anilines is 1. The molecule has 140 valence electrons. The van der Waals surface area contributed by atoms with Crippen LogP contribution in [0.5, 0.6) is 0 Å². The lowest BCUT2D eigenvalue weighted by Gasteiger charge is -2.12. The molecule has 0 bridgehead atoms. The number of carbonyl (C=O) groups is 1. The Morgan fingerprint density at radius 2 is 2.11 bits per heavy atom. The Morgan fingerprint density at radius 3 is 2.78 bits per heavy atom. The lowest BCUT2D eigenvalue weighted by Crippen LogP contribution is -2.17. The minimum absolute atomic E-state index is 0.0195. The molecule has 0 unspecified atom stereocenters. The molecule has 0 aliphatic rings. The number of ether oxygens (including phenoxy) is 1. The lowest BCUT2D eigenvalue weighted by molar-refractivity contribution is -0.383. The zero-order valence-electron chi connectivity index (χ0n) is 14.7. The molecular weight excluding hydrogens is 372 g/mol. The van der Waals surface area contributed by atoms with Crippen molar-refractivity contribution >= 4 is 38.9 Å². The molecule has 3 rings (SSSR count). The summed E-state index contributed by atoms with van der Waals surface area (Å²) in [5, 5.41) is 11.5. The van der Waals surface area contributed by atoms with Gasteiger partial charge >= 0.3 is 5.97 Å². The third kappa shape index (κ3) is 3.38. The van der Waals surface area contributed by atoms with E-state index in [0.29, 0.717) is 10.2 Å². The summed E-state index contributed by atoms with van der Waals surface area (Å²) in [7, 11) is 0. The van der Waals surface area contributed by atoms with Gasteiger partial charge in [-0.1, -0.05) is 0 Å². The molecule has 10 heteroatoms. The first-order chi connectivity index (χ1) is 12.7. The van der Waals surface area contributed by atoms with Gasteiger partial charge in [0.1, 0.15) is 10.5 Å². The van der Waals surface area contributed by atoms with Crippen LogP contribution >= 0.6 is 11.3 Å². The van der Waals surface area contributed by atoms with E-state index >= 15 is 0 Å². The number of nitro benzene ring substituents is 1. The number of nitrogens with two attached hydrogens (primary N) is 1. The van der Waals surface area contributed by atoms with Gasteiger partial charge in [0, 0.05) is 10.9 Å². The fraction of sp³-hybridized carbons (Fsp3) is 0.235. The highest BCUT2D eigenvalue weighted by atomic mass is 32.1. The monoisotopic (exact) mass is 388 g/mol. The maximum atomic E-state index is 12.3. The summed E-state index contributed by atoms with van der Waals surface area (Å²) in [5.74, 6) is -0.584. The fourth-order valence-corrected chi connectivity index (χ4v) is 3.61. The molecule has 1 aromatic carbocycles. The molecule has 9 nitrogen and oxygen atoms in total. The molecule has 0 aliphatic heterocycles. The van der Waals surface area contributed by atoms with Crippen molar-refractivity contribution in [2.24, 2.45) is 0 Å². The van der Waals surface area contributed by atoms with Crippen molar-refractivity contribution in [2.45, 2.75) is 26.9 Å². The summed E-state index contributed by atoms with van der Waals surface area (Å²) in [6.45, 7) is 5.31. The number of nitro groups is 1. The van der Waals surface area contributed by atoms with Crippen LogP contribution in [0.4, 0.5) is 11.4 Å². The molecule has 0 radical (unpaired) electrons. The van der Waals surface area contributed by atoms with Crippen molar-refractivity contribution in [1.29, 1.82) is 0 Å². The number of hydrogen-bond donors (Lipinski definition) is 2. The highest BCUT2D eigenvalue weighted by Crippen LogP contribution is 2.27. The zero-order valence-corrected chi connectivity index (χ0v) is 15.5. The number of benzene rings is 1. The van der Waals surface area contributed by atoms with Crippen LogP contribution in [-0.4, -0.2) is 20.9 Å². The first-order valence-electron chi connectivity index (χ1n) is 7.94. The number of nitrogens with one attached hydrogen (secondary N) is 1. The summed E-state index contributed by atoms with van der Waals surface area (Å²) in [5.41, 5.74) is 5.64. The summed E-state index contributed by atoms with van der Waals surface area (Å²) in [4.78, 5) is 43.5. The van der Waals surface area contributed by atoms with Crippen molar-refractivity contribution in [3.05, 3.63) is 60.5 Å². The topological polar surface area (TPSA) is 141 Å². The number of thiophene rings is 1. The van der Waals surface area contributed by atoms with Crippen LogP contribution in [0.1, 0.15) is 39.7 Å². The molecule has 0 saturated carbocycles. The van der Waals surface area contributed by atoms with Crippen LogP contribution in [0.2, 0.25) is 0 Å². The number of aromatic amines is 1. The van der Waals surface area contributed by atoms with E-state index in [0.717, 1.165) is 16.5 Å². The quantitative estimate of drug-likeness (QED) is 0.303. The Bertz CT molecular complexity index is 1130. The second-order valence-corrected chi connectivity index (χ2v) is 7.20. The van der Waals surface area contributed by atoms with Crippen LogP contribution in [0, 0.1) is 24.0 Å². The van der Waals surface area contributed by atoms with Gasteiger partial charge in [0.25, 0.3) is 11.2 Å². The lowest BCUT2D eigenvalue weighted by atomic mass is 10.2. The minimum atomic E-state index is -0.853. The summed E-state index contributed by atoms with van der Waals surface area (Å²) < 4.78 is 5.31. The Hall–Kier alpha value is -3.27. The molecule has 2 heterocycles. The van der Waals surface area contributed by atoms with E-state index in [1.807, 2.05) is 13.8 Å². The van der Waals surface area contributed by atoms with Crippen LogP contribution in [0.15, 0.2) is 23.0 Å². The average Bonchev–Trinajstić information content (AvgIpc) is 2.89. The van der Waals surface area contributed by atoms with Crippen molar-refractivity contribution in [3.8, 4) is 0 Å². The first kappa shape index (κ1) is 18.5. The predicted molar refractivity (Wildman–Crippen MR) is 101 cm³/mol. The van der Waals surface area contributed by atoms with Gasteiger partial charge in [-0.2, -0.15) is 0 Å². The number of nitrogen functional groups attached to an aromatic ring is 1. The maximum absolute atomic E-state index is 12.3. The number of hydrogen-bond acceptors (Lipinski definition) is 8. The summed E-state index contributed by atoms with van der Waals surface area (Å²) >= 11 is 1.39. The van der Waals surface area contributed by atoms with Crippen LogP contribution in [-0.2, 0) is 4.74 Å². The number of rotatable bonds is 4. The molecule has 0 fully saturated rings. The molecule has 1 atom stereocenters. The highest BCUT2D eigenvalue weighted by molar-refractivity contribution is 7.18. The molecule has 27 heavy (non-hydrogen) atoms. The Morgan fingerprint density at radius 1 is 1.41 bits per heavy atom. The van der Waals surface area contributed by atoms with E-state index in [4.69, 9.17) is 10.5 Å². The van der Waals surface area contributed by atoms with Gasteiger partial charge in [-0.25, -0.2) is 9.78 Å². The Labute approximate surface area is 157 Å². The number of H-pyrrole nitrogens is 1. The van der Waals surface area contributed by atoms with E-state index in [1.54, 1.807) is 6.92 Å². The van der Waals surface area contributed by atoms with Gasteiger partial charge in [0.15, 0.2) is 11.9 Å². The zero-order chi connectivity index (χ0) is 19.9. The number of carbonyl (C=O) groups excluding carboxylic acids is 1. The van der Waals surface area contributed by atoms with Crippen molar-refractivity contribution in [1.82, 2.24) is 9.97 Å². The highest BCUT2D eigenvalue weighted by Gasteiger charge is 2.21. The number of aromatic nitrogens is 2. The van der Waals surface area contributed by atoms with Crippen LogP contribution in [0.3, 0.4) is 0 Å². The largest absolute Gasteiger partial charge is 0.451 e. The SMILES string of the molecule is Cc1sc2nc([C@H](C)OC(=O)c3ccc(N)c([N+](=O)[O-])c3)[nH]c(=O)c2c1C. The van der Waals surface area contributed by atoms with Gasteiger partial charge in [0.05, 0.1) is 15.9 Å². The summed E-state index contributed by atoms with van der Waals surface area (Å²) in [6.07, 6.45) is -0.853. The number of esters is 1. The molecule has 0 amide bonds. The molecule has 0 saturated heterocycles. The van der Waals surface area contributed by atoms with Crippen LogP contribution in [0.25, 0.3) is 10.2 Å². The van der Waals surface area contributed by atoms with Gasteiger partial charge in [-0.3, -0.25) is 14.9 Å². The second-order valence-electron chi connectivity index (χ2n) is 5.99. The van der Waals surface area contributed by atoms with E-state index in [-0.39, 0.29) is 28.3 Å². The van der Waals surface area contributed by atoms with Crippen molar-refractivity contribution in [3.63, 3.8) is 0 Å². The molecule has 0 aliphatic carbocycles. The normalized spacial score (nSPS) is 12.1. The first-order valence-corrected chi connectivity index (χ1v) is 8.75. The van der Waals surface area contributed by atoms with Gasteiger partial charge in [-0.05, 0) is 38.5 Å². The van der Waals surface area contributed by atoms with Crippen molar-refractivity contribution in [2.75, 3.05) is 5.73 Å². The van der Waals surface area contributed by atoms with Crippen LogP contribution < -0.4 is 11.3 Å². The Kier molecular flexibility index (Phi) is 4.66. The van der Waals surface area contributed by atoms with E-state index in [1.165, 1.54) is 23.5 Å². The van der Waals surface area contributed by atoms with E-state index < -0.39 is 17.0 Å². The van der Waals surface area contributed by atoms with Crippen molar-refractivity contribution < 1.29 is 14.5 Å². The minimum Gasteiger partial charge on any atom is -0.451 e. The van der Waals surface area contributed by atoms with Gasteiger partial charge in [0.2, 0.25) is 0 Å². The number of fused-ring (bicyclic) bond motifs is 1. The third-order valence-corrected chi connectivity index (χ3v) is 5.29. The molecule has 3 aromatic rings. The number of aryl methyl sites for hydroxylation is 2. The third-order valence-electron chi connectivity index (χ3n) is 4.19. The standard InChI is InChI=1S/C17H16N4O5S/c1-7-9(3)27-16-13(7)15(22)19-14(20-16)8(2)26-17(23)10-4-5-11(18)12(6-10)21(24)25/h4-6,8H,18H2,1-3H3,(H,19,20,22)/t8-/m0/s1. The van der Waals surface area contributed by atoms with E-state index in [2.05, 4.69) is 9.97 Å². The summed E-state index contributed by atoms with van der Waals surface area (Å²) in [6, 6.07) is 3.65. The average molecular weight is 388 g/mol. The fourth-order valence-electron chi connectivity index (χ4n) is 2.58. The van der Waals surface area contributed by atoms with Gasteiger partial charge in [-0.15, -0.1) is 11.3 Å².